The highest BCUT2D eigenvalue weighted by atomic mass is 35.5. The van der Waals surface area contributed by atoms with Gasteiger partial charge >= 0.3 is 0 Å². The minimum absolute atomic E-state index is 0.0237. The molecule has 42 heavy (non-hydrogen) atoms. The summed E-state index contributed by atoms with van der Waals surface area (Å²) in [6.07, 6.45) is 4.23. The van der Waals surface area contributed by atoms with Crippen LogP contribution >= 0.6 is 23.2 Å². The summed E-state index contributed by atoms with van der Waals surface area (Å²) in [7, 11) is -1.50. The highest BCUT2D eigenvalue weighted by molar-refractivity contribution is 7.92. The van der Waals surface area contributed by atoms with Gasteiger partial charge in [0.05, 0.1) is 22.0 Å². The Bertz CT molecular complexity index is 1560. The zero-order chi connectivity index (χ0) is 30.2. The van der Waals surface area contributed by atoms with Gasteiger partial charge in [-0.3, -0.25) is 9.10 Å². The van der Waals surface area contributed by atoms with Crippen LogP contribution in [0.15, 0.2) is 60.7 Å². The van der Waals surface area contributed by atoms with Crippen molar-refractivity contribution in [1.82, 2.24) is 4.90 Å². The Morgan fingerprint density at radius 2 is 1.64 bits per heavy atom. The molecule has 0 unspecified atom stereocenters. The van der Waals surface area contributed by atoms with Crippen LogP contribution in [0.4, 0.5) is 11.4 Å². The third-order valence-electron chi connectivity index (χ3n) is 9.00. The number of fused-ring (bicyclic) bond motifs is 2. The lowest BCUT2D eigenvalue weighted by Crippen LogP contribution is -2.46. The quantitative estimate of drug-likeness (QED) is 0.271. The first kappa shape index (κ1) is 30.9. The van der Waals surface area contributed by atoms with Crippen molar-refractivity contribution < 1.29 is 13.2 Å². The molecule has 1 atom stereocenters. The van der Waals surface area contributed by atoms with E-state index in [1.165, 1.54) is 6.26 Å². The average Bonchev–Trinajstić information content (AvgIpc) is 3.27. The number of benzene rings is 3. The van der Waals surface area contributed by atoms with Crippen LogP contribution in [0.2, 0.25) is 10.0 Å². The predicted molar refractivity (Wildman–Crippen MR) is 174 cm³/mol. The molecule has 0 N–H and O–H groups in total. The zero-order valence-corrected chi connectivity index (χ0v) is 27.1. The molecule has 1 fully saturated rings. The van der Waals surface area contributed by atoms with Gasteiger partial charge in [0.25, 0.3) is 0 Å². The lowest BCUT2D eigenvalue weighted by atomic mass is 9.74. The Morgan fingerprint density at radius 3 is 2.29 bits per heavy atom. The Kier molecular flexibility index (Phi) is 8.96. The first-order chi connectivity index (χ1) is 19.9. The summed E-state index contributed by atoms with van der Waals surface area (Å²) < 4.78 is 26.7. The highest BCUT2D eigenvalue weighted by Crippen LogP contribution is 2.48. The summed E-state index contributed by atoms with van der Waals surface area (Å²) in [5, 5.41) is 0.990. The third kappa shape index (κ3) is 6.49. The van der Waals surface area contributed by atoms with Gasteiger partial charge in [0, 0.05) is 31.1 Å². The van der Waals surface area contributed by atoms with Crippen molar-refractivity contribution in [3.8, 4) is 0 Å². The van der Waals surface area contributed by atoms with Crippen molar-refractivity contribution in [2.24, 2.45) is 0 Å². The number of para-hydroxylation sites is 1. The molecule has 1 amide bonds. The van der Waals surface area contributed by atoms with Crippen molar-refractivity contribution in [3.05, 3.63) is 93.0 Å². The molecule has 3 aromatic rings. The number of carbonyl (C=O) groups is 1. The molecule has 2 aliphatic heterocycles. The van der Waals surface area contributed by atoms with E-state index in [2.05, 4.69) is 17.0 Å². The van der Waals surface area contributed by atoms with Gasteiger partial charge in [-0.15, -0.1) is 0 Å². The lowest BCUT2D eigenvalue weighted by Gasteiger charge is -2.40. The number of hydrogen-bond donors (Lipinski definition) is 0. The zero-order valence-electron chi connectivity index (χ0n) is 24.7. The van der Waals surface area contributed by atoms with Crippen LogP contribution in [0.1, 0.15) is 53.9 Å². The molecule has 224 valence electrons. The molecule has 0 aromatic heterocycles. The third-order valence-corrected chi connectivity index (χ3v) is 10.9. The molecule has 6 nitrogen and oxygen atoms in total. The van der Waals surface area contributed by atoms with Gasteiger partial charge in [-0.1, -0.05) is 53.5 Å². The minimum Gasteiger partial charge on any atom is -0.315 e. The molecule has 0 radical (unpaired) electrons. The van der Waals surface area contributed by atoms with Gasteiger partial charge < -0.3 is 9.80 Å². The van der Waals surface area contributed by atoms with Gasteiger partial charge in [0.15, 0.2) is 0 Å². The van der Waals surface area contributed by atoms with Crippen molar-refractivity contribution in [1.29, 1.82) is 0 Å². The number of anilines is 2. The van der Waals surface area contributed by atoms with Gasteiger partial charge in [0.2, 0.25) is 15.9 Å². The van der Waals surface area contributed by atoms with Gasteiger partial charge in [-0.05, 0) is 111 Å². The SMILES string of the molecule is Cc1cc(C)cc(N(C)C(=O)C[C@@H](CCN2CCC3(CC2)CN(S(C)(=O)=O)c2ccccc23)c2ccc(Cl)c(Cl)c2)c1. The second-order valence-corrected chi connectivity index (χ2v) is 14.8. The fourth-order valence-electron chi connectivity index (χ4n) is 6.64. The van der Waals surface area contributed by atoms with Gasteiger partial charge in [0.1, 0.15) is 0 Å². The maximum Gasteiger partial charge on any atom is 0.232 e. The standard InChI is InChI=1S/C33H39Cl2N3O3S/c1-23-17-24(2)19-27(18-23)36(3)32(39)21-26(25-9-10-29(34)30(35)20-25)11-14-37-15-12-33(13-16-37)22-38(42(4,40)41)31-8-6-5-7-28(31)33/h5-10,17-20,26H,11-16,21-22H2,1-4H3/t26-/m1/s1. The number of halogens is 2. The molecule has 1 spiro atoms. The first-order valence-corrected chi connectivity index (χ1v) is 17.1. The van der Waals surface area contributed by atoms with Crippen LogP contribution in [-0.2, 0) is 20.2 Å². The molecule has 5 rings (SSSR count). The first-order valence-electron chi connectivity index (χ1n) is 14.5. The molecule has 2 aliphatic rings. The Labute approximate surface area is 260 Å². The maximum absolute atomic E-state index is 13.6. The number of nitrogens with zero attached hydrogens (tertiary/aromatic N) is 3. The van der Waals surface area contributed by atoms with Crippen LogP contribution in [-0.4, -0.2) is 58.7 Å². The second kappa shape index (κ2) is 12.2. The van der Waals surface area contributed by atoms with E-state index in [4.69, 9.17) is 23.2 Å². The summed E-state index contributed by atoms with van der Waals surface area (Å²) in [5.74, 6) is 0.0292. The normalized spacial score (nSPS) is 17.3. The highest BCUT2D eigenvalue weighted by Gasteiger charge is 2.46. The van der Waals surface area contributed by atoms with E-state index in [0.717, 1.165) is 72.5 Å². The summed E-state index contributed by atoms with van der Waals surface area (Å²) in [6, 6.07) is 19.8. The molecular weight excluding hydrogens is 589 g/mol. The number of rotatable bonds is 8. The maximum atomic E-state index is 13.6. The smallest absolute Gasteiger partial charge is 0.232 e. The number of aryl methyl sites for hydroxylation is 2. The number of piperidine rings is 1. The lowest BCUT2D eigenvalue weighted by molar-refractivity contribution is -0.118. The summed E-state index contributed by atoms with van der Waals surface area (Å²) in [5.41, 5.74) is 5.95. The molecule has 0 saturated carbocycles. The van der Waals surface area contributed by atoms with Crippen molar-refractivity contribution >= 4 is 50.5 Å². The molecule has 3 aromatic carbocycles. The molecule has 9 heteroatoms. The predicted octanol–water partition coefficient (Wildman–Crippen LogP) is 6.95. The number of sulfonamides is 1. The van der Waals surface area contributed by atoms with Crippen LogP contribution in [0.5, 0.6) is 0 Å². The fraction of sp³-hybridized carbons (Fsp3) is 0.424. The Morgan fingerprint density at radius 1 is 0.976 bits per heavy atom. The van der Waals surface area contributed by atoms with Crippen LogP contribution in [0.25, 0.3) is 0 Å². The molecule has 2 heterocycles. The second-order valence-electron chi connectivity index (χ2n) is 12.1. The molecular formula is C33H39Cl2N3O3S. The Balaban J connectivity index is 1.29. The van der Waals surface area contributed by atoms with E-state index >= 15 is 0 Å². The number of likely N-dealkylation sites (tertiary alicyclic amines) is 1. The van der Waals surface area contributed by atoms with E-state index in [9.17, 15) is 13.2 Å². The van der Waals surface area contributed by atoms with E-state index < -0.39 is 10.0 Å². The van der Waals surface area contributed by atoms with E-state index in [0.29, 0.717) is 23.0 Å². The van der Waals surface area contributed by atoms with Crippen molar-refractivity contribution in [3.63, 3.8) is 0 Å². The van der Waals surface area contributed by atoms with Crippen LogP contribution in [0.3, 0.4) is 0 Å². The summed E-state index contributed by atoms with van der Waals surface area (Å²) in [6.45, 7) is 7.16. The van der Waals surface area contributed by atoms with Crippen molar-refractivity contribution in [2.75, 3.05) is 48.7 Å². The van der Waals surface area contributed by atoms with Gasteiger partial charge in [-0.2, -0.15) is 0 Å². The average molecular weight is 629 g/mol. The number of carbonyl (C=O) groups excluding carboxylic acids is 1. The number of amides is 1. The largest absolute Gasteiger partial charge is 0.315 e. The van der Waals surface area contributed by atoms with Gasteiger partial charge in [-0.25, -0.2) is 8.42 Å². The Hall–Kier alpha value is -2.58. The molecule has 0 aliphatic carbocycles. The topological polar surface area (TPSA) is 60.9 Å². The van der Waals surface area contributed by atoms with Crippen molar-refractivity contribution in [2.45, 2.75) is 50.9 Å². The minimum atomic E-state index is -3.34. The van der Waals surface area contributed by atoms with Crippen LogP contribution < -0.4 is 9.21 Å². The van der Waals surface area contributed by atoms with E-state index in [1.807, 2.05) is 63.4 Å². The van der Waals surface area contributed by atoms with E-state index in [-0.39, 0.29) is 17.2 Å². The molecule has 1 saturated heterocycles. The summed E-state index contributed by atoms with van der Waals surface area (Å²) in [4.78, 5) is 17.7. The van der Waals surface area contributed by atoms with Crippen LogP contribution in [0, 0.1) is 13.8 Å². The summed E-state index contributed by atoms with van der Waals surface area (Å²) >= 11 is 12.6. The number of hydrogen-bond acceptors (Lipinski definition) is 4. The monoisotopic (exact) mass is 627 g/mol. The molecule has 0 bridgehead atoms. The fourth-order valence-corrected chi connectivity index (χ4v) is 7.94. The van der Waals surface area contributed by atoms with E-state index in [1.54, 1.807) is 15.3 Å².